The van der Waals surface area contributed by atoms with Gasteiger partial charge in [0.15, 0.2) is 5.13 Å². The van der Waals surface area contributed by atoms with Gasteiger partial charge >= 0.3 is 6.36 Å². The first kappa shape index (κ1) is 16.5. The first-order valence-electron chi connectivity index (χ1n) is 6.61. The molecule has 2 heterocycles. The van der Waals surface area contributed by atoms with E-state index in [1.165, 1.54) is 22.9 Å². The number of aromatic nitrogens is 2. The fourth-order valence-electron chi connectivity index (χ4n) is 1.92. The minimum Gasteiger partial charge on any atom is -0.406 e. The zero-order chi connectivity index (χ0) is 17.2. The lowest BCUT2D eigenvalue weighted by molar-refractivity contribution is -0.274. The fourth-order valence-corrected chi connectivity index (χ4v) is 3.36. The molecule has 4 rings (SSSR count). The van der Waals surface area contributed by atoms with E-state index in [2.05, 4.69) is 20.8 Å². The normalized spacial score (nSPS) is 11.3. The Bertz CT molecular complexity index is 935. The molecule has 0 spiro atoms. The molecule has 0 aliphatic rings. The highest BCUT2D eigenvalue weighted by atomic mass is 32.1. The van der Waals surface area contributed by atoms with Crippen LogP contribution in [0.3, 0.4) is 0 Å². The van der Waals surface area contributed by atoms with E-state index in [4.69, 9.17) is 5.73 Å². The van der Waals surface area contributed by atoms with Gasteiger partial charge < -0.3 is 10.5 Å². The number of benzene rings is 2. The SMILES string of the molecule is Nc1nc2ccc(OC(F)(F)F)cc2s1.c1ccc2scnc2c1. The van der Waals surface area contributed by atoms with E-state index in [0.717, 1.165) is 16.9 Å². The molecule has 0 atom stereocenters. The lowest BCUT2D eigenvalue weighted by Gasteiger charge is -2.07. The molecule has 0 fully saturated rings. The summed E-state index contributed by atoms with van der Waals surface area (Å²) >= 11 is 2.79. The van der Waals surface area contributed by atoms with Crippen LogP contribution in [0.2, 0.25) is 0 Å². The van der Waals surface area contributed by atoms with Crippen molar-refractivity contribution in [2.75, 3.05) is 5.73 Å². The zero-order valence-electron chi connectivity index (χ0n) is 11.9. The topological polar surface area (TPSA) is 61.0 Å². The molecular weight excluding hydrogens is 359 g/mol. The van der Waals surface area contributed by atoms with Gasteiger partial charge in [0.05, 0.1) is 25.9 Å². The Kier molecular flexibility index (Phi) is 4.54. The molecule has 24 heavy (non-hydrogen) atoms. The molecule has 0 amide bonds. The molecule has 0 aliphatic heterocycles. The van der Waals surface area contributed by atoms with Crippen LogP contribution >= 0.6 is 22.7 Å². The van der Waals surface area contributed by atoms with E-state index >= 15 is 0 Å². The minimum absolute atomic E-state index is 0.265. The summed E-state index contributed by atoms with van der Waals surface area (Å²) in [5.74, 6) is -0.265. The highest BCUT2D eigenvalue weighted by Crippen LogP contribution is 2.30. The largest absolute Gasteiger partial charge is 0.573 e. The lowest BCUT2D eigenvalue weighted by Crippen LogP contribution is -2.16. The van der Waals surface area contributed by atoms with Gasteiger partial charge in [-0.25, -0.2) is 9.97 Å². The Hall–Kier alpha value is -2.39. The van der Waals surface area contributed by atoms with Crippen molar-refractivity contribution in [2.45, 2.75) is 6.36 Å². The number of nitrogens with two attached hydrogens (primary N) is 1. The van der Waals surface area contributed by atoms with Crippen molar-refractivity contribution in [1.82, 2.24) is 9.97 Å². The molecule has 0 bridgehead atoms. The van der Waals surface area contributed by atoms with Gasteiger partial charge in [-0.3, -0.25) is 0 Å². The summed E-state index contributed by atoms with van der Waals surface area (Å²) in [6.45, 7) is 0. The highest BCUT2D eigenvalue weighted by molar-refractivity contribution is 7.22. The van der Waals surface area contributed by atoms with E-state index in [1.54, 1.807) is 11.3 Å². The number of hydrogen-bond donors (Lipinski definition) is 1. The Labute approximate surface area is 142 Å². The molecule has 124 valence electrons. The quantitative estimate of drug-likeness (QED) is 0.509. The average Bonchev–Trinajstić information content (AvgIpc) is 3.10. The number of fused-ring (bicyclic) bond motifs is 2. The monoisotopic (exact) mass is 369 g/mol. The summed E-state index contributed by atoms with van der Waals surface area (Å²) < 4.78 is 41.2. The maximum atomic E-state index is 11.9. The summed E-state index contributed by atoms with van der Waals surface area (Å²) in [6, 6.07) is 12.0. The second-order valence-electron chi connectivity index (χ2n) is 4.55. The first-order valence-corrected chi connectivity index (χ1v) is 8.30. The number of hydrogen-bond acceptors (Lipinski definition) is 6. The van der Waals surface area contributed by atoms with E-state index in [0.29, 0.717) is 15.3 Å². The number of ether oxygens (including phenoxy) is 1. The number of anilines is 1. The standard InChI is InChI=1S/C8H5F3N2OS.C7H5NS/c9-8(10,11)14-4-1-2-5-6(3-4)15-7(12)13-5;1-2-4-7-6(3-1)8-5-9-7/h1-3H,(H2,12,13);1-5H. The van der Waals surface area contributed by atoms with Crippen LogP contribution in [0.1, 0.15) is 0 Å². The zero-order valence-corrected chi connectivity index (χ0v) is 13.6. The van der Waals surface area contributed by atoms with Crippen molar-refractivity contribution >= 4 is 48.2 Å². The van der Waals surface area contributed by atoms with Crippen molar-refractivity contribution in [3.8, 4) is 5.75 Å². The van der Waals surface area contributed by atoms with Crippen LogP contribution in [0.25, 0.3) is 20.4 Å². The van der Waals surface area contributed by atoms with Crippen molar-refractivity contribution in [2.24, 2.45) is 0 Å². The van der Waals surface area contributed by atoms with E-state index in [1.807, 2.05) is 23.7 Å². The Balaban J connectivity index is 0.000000159. The first-order chi connectivity index (χ1) is 11.4. The van der Waals surface area contributed by atoms with Gasteiger partial charge in [0.1, 0.15) is 5.75 Å². The van der Waals surface area contributed by atoms with Crippen LogP contribution in [0.5, 0.6) is 5.75 Å². The molecule has 0 radical (unpaired) electrons. The maximum absolute atomic E-state index is 11.9. The molecule has 2 aromatic heterocycles. The third kappa shape index (κ3) is 4.12. The van der Waals surface area contributed by atoms with Crippen LogP contribution in [-0.4, -0.2) is 16.3 Å². The summed E-state index contributed by atoms with van der Waals surface area (Å²) in [5, 5.41) is 0.314. The molecule has 2 N–H and O–H groups in total. The van der Waals surface area contributed by atoms with Crippen LogP contribution in [0.15, 0.2) is 48.0 Å². The molecule has 2 aromatic carbocycles. The Morgan fingerprint density at radius 1 is 1.00 bits per heavy atom. The van der Waals surface area contributed by atoms with Crippen molar-refractivity contribution in [3.05, 3.63) is 48.0 Å². The van der Waals surface area contributed by atoms with Gasteiger partial charge in [0.2, 0.25) is 0 Å². The second-order valence-corrected chi connectivity index (χ2v) is 6.50. The van der Waals surface area contributed by atoms with Gasteiger partial charge in [-0.2, -0.15) is 0 Å². The van der Waals surface area contributed by atoms with Crippen molar-refractivity contribution in [1.29, 1.82) is 0 Å². The highest BCUT2D eigenvalue weighted by Gasteiger charge is 2.31. The predicted molar refractivity (Wildman–Crippen MR) is 90.3 cm³/mol. The summed E-state index contributed by atoms with van der Waals surface area (Å²) in [7, 11) is 0. The van der Waals surface area contributed by atoms with Gasteiger partial charge in [0, 0.05) is 6.07 Å². The van der Waals surface area contributed by atoms with Crippen LogP contribution in [-0.2, 0) is 0 Å². The molecule has 0 saturated carbocycles. The second kappa shape index (κ2) is 6.62. The van der Waals surface area contributed by atoms with Gasteiger partial charge in [-0.15, -0.1) is 24.5 Å². The molecule has 0 unspecified atom stereocenters. The summed E-state index contributed by atoms with van der Waals surface area (Å²) in [6.07, 6.45) is -4.68. The number of rotatable bonds is 1. The number of alkyl halides is 3. The molecule has 0 saturated heterocycles. The molecule has 9 heteroatoms. The number of para-hydroxylation sites is 1. The third-order valence-corrected chi connectivity index (χ3v) is 4.50. The molecule has 0 aliphatic carbocycles. The fraction of sp³-hybridized carbons (Fsp3) is 0.0667. The Morgan fingerprint density at radius 2 is 1.79 bits per heavy atom. The smallest absolute Gasteiger partial charge is 0.406 e. The van der Waals surface area contributed by atoms with E-state index < -0.39 is 6.36 Å². The summed E-state index contributed by atoms with van der Waals surface area (Å²) in [4.78, 5) is 8.05. The number of nitrogen functional groups attached to an aromatic ring is 1. The van der Waals surface area contributed by atoms with Crippen LogP contribution in [0.4, 0.5) is 18.3 Å². The third-order valence-electron chi connectivity index (χ3n) is 2.85. The van der Waals surface area contributed by atoms with Crippen LogP contribution in [0, 0.1) is 0 Å². The van der Waals surface area contributed by atoms with E-state index in [-0.39, 0.29) is 5.75 Å². The molecule has 4 nitrogen and oxygen atoms in total. The van der Waals surface area contributed by atoms with Gasteiger partial charge in [-0.05, 0) is 24.3 Å². The summed E-state index contributed by atoms with van der Waals surface area (Å²) in [5.41, 5.74) is 8.94. The average molecular weight is 369 g/mol. The van der Waals surface area contributed by atoms with Crippen LogP contribution < -0.4 is 10.5 Å². The van der Waals surface area contributed by atoms with Gasteiger partial charge in [-0.1, -0.05) is 23.5 Å². The Morgan fingerprint density at radius 3 is 2.54 bits per heavy atom. The minimum atomic E-state index is -4.68. The molecular formula is C15H10F3N3OS2. The number of halogens is 3. The maximum Gasteiger partial charge on any atom is 0.573 e. The number of thiazole rings is 2. The lowest BCUT2D eigenvalue weighted by atomic mass is 10.3. The molecule has 4 aromatic rings. The van der Waals surface area contributed by atoms with Gasteiger partial charge in [0.25, 0.3) is 0 Å². The number of nitrogens with zero attached hydrogens (tertiary/aromatic N) is 2. The van der Waals surface area contributed by atoms with E-state index in [9.17, 15) is 13.2 Å². The van der Waals surface area contributed by atoms with Crippen molar-refractivity contribution < 1.29 is 17.9 Å². The van der Waals surface area contributed by atoms with Crippen molar-refractivity contribution in [3.63, 3.8) is 0 Å². The predicted octanol–water partition coefficient (Wildman–Crippen LogP) is 5.07.